The Bertz CT molecular complexity index is 873. The fraction of sp³-hybridized carbons (Fsp3) is 0. The van der Waals surface area contributed by atoms with E-state index in [2.05, 4.69) is 6.07 Å². The summed E-state index contributed by atoms with van der Waals surface area (Å²) in [5, 5.41) is 20.8. The predicted octanol–water partition coefficient (Wildman–Crippen LogP) is 4.57. The molecule has 0 radical (unpaired) electrons. The zero-order chi connectivity index (χ0) is 14.8. The van der Waals surface area contributed by atoms with Crippen LogP contribution < -0.4 is 0 Å². The fourth-order valence-electron chi connectivity index (χ4n) is 2.28. The van der Waals surface area contributed by atoms with Crippen LogP contribution in [0, 0.1) is 11.3 Å². The number of nitrogens with zero attached hydrogens (tertiary/aromatic N) is 2. The van der Waals surface area contributed by atoms with Crippen LogP contribution in [-0.2, 0) is 0 Å². The number of hydrogen-bond donors (Lipinski definition) is 1. The minimum atomic E-state index is 0.405. The number of fused-ring (bicyclic) bond motifs is 1. The maximum Gasteiger partial charge on any atom is 0.102 e. The van der Waals surface area contributed by atoms with Gasteiger partial charge in [0.15, 0.2) is 0 Å². The summed E-state index contributed by atoms with van der Waals surface area (Å²) in [6.07, 6.45) is 3.57. The lowest BCUT2D eigenvalue weighted by Gasteiger charge is -1.98. The zero-order valence-corrected chi connectivity index (χ0v) is 11.7. The minimum Gasteiger partial charge on any atom is -0.428 e. The first kappa shape index (κ1) is 13.3. The molecule has 21 heavy (non-hydrogen) atoms. The van der Waals surface area contributed by atoms with Crippen molar-refractivity contribution in [3.63, 3.8) is 0 Å². The van der Waals surface area contributed by atoms with Gasteiger partial charge in [0.05, 0.1) is 16.8 Å². The zero-order valence-electron chi connectivity index (χ0n) is 11.0. The molecule has 3 aromatic rings. The first-order chi connectivity index (χ1) is 10.2. The second-order valence-corrected chi connectivity index (χ2v) is 5.03. The number of nitriles is 1. The molecular weight excluding hydrogens is 284 g/mol. The molecule has 102 valence electrons. The van der Waals surface area contributed by atoms with Crippen LogP contribution >= 0.6 is 11.6 Å². The second-order valence-electron chi connectivity index (χ2n) is 4.59. The fourth-order valence-corrected chi connectivity index (χ4v) is 2.45. The first-order valence-corrected chi connectivity index (χ1v) is 6.75. The van der Waals surface area contributed by atoms with E-state index in [4.69, 9.17) is 11.6 Å². The third-order valence-corrected chi connectivity index (χ3v) is 3.52. The summed E-state index contributed by atoms with van der Waals surface area (Å²) >= 11 is 5.96. The van der Waals surface area contributed by atoms with Gasteiger partial charge >= 0.3 is 0 Å². The molecule has 0 aliphatic heterocycles. The van der Waals surface area contributed by atoms with Crippen molar-refractivity contribution >= 4 is 34.7 Å². The van der Waals surface area contributed by atoms with Crippen molar-refractivity contribution in [2.24, 2.45) is 0 Å². The third-order valence-electron chi connectivity index (χ3n) is 3.29. The van der Waals surface area contributed by atoms with Crippen LogP contribution in [0.25, 0.3) is 23.1 Å². The number of halogens is 1. The molecule has 0 atom stereocenters. The Labute approximate surface area is 126 Å². The SMILES string of the molecule is N#Cc1c(/C=C/c2ccccc2)n(O)c2ccc(Cl)cc12. The maximum absolute atomic E-state index is 10.2. The summed E-state index contributed by atoms with van der Waals surface area (Å²) in [5.74, 6) is 0. The monoisotopic (exact) mass is 294 g/mol. The van der Waals surface area contributed by atoms with E-state index in [1.165, 1.54) is 0 Å². The van der Waals surface area contributed by atoms with Crippen molar-refractivity contribution in [2.75, 3.05) is 0 Å². The Kier molecular flexibility index (Phi) is 3.39. The highest BCUT2D eigenvalue weighted by Gasteiger charge is 2.15. The van der Waals surface area contributed by atoms with E-state index in [9.17, 15) is 10.5 Å². The average Bonchev–Trinajstić information content (AvgIpc) is 2.77. The van der Waals surface area contributed by atoms with E-state index >= 15 is 0 Å². The number of aromatic nitrogens is 1. The molecule has 0 aliphatic rings. The lowest BCUT2D eigenvalue weighted by atomic mass is 10.1. The number of rotatable bonds is 2. The standard InChI is InChI=1S/C17H11ClN2O/c18-13-7-9-16-14(10-13)15(11-19)17(20(16)21)8-6-12-4-2-1-3-5-12/h1-10,21H/b8-6+. The number of hydrogen-bond acceptors (Lipinski definition) is 2. The van der Waals surface area contributed by atoms with E-state index in [0.29, 0.717) is 27.2 Å². The van der Waals surface area contributed by atoms with Crippen molar-refractivity contribution in [1.82, 2.24) is 4.73 Å². The van der Waals surface area contributed by atoms with Gasteiger partial charge in [0.25, 0.3) is 0 Å². The van der Waals surface area contributed by atoms with Gasteiger partial charge in [0.2, 0.25) is 0 Å². The lowest BCUT2D eigenvalue weighted by Crippen LogP contribution is -1.93. The molecule has 3 rings (SSSR count). The largest absolute Gasteiger partial charge is 0.428 e. The summed E-state index contributed by atoms with van der Waals surface area (Å²) in [6, 6.07) is 16.9. The summed E-state index contributed by atoms with van der Waals surface area (Å²) in [4.78, 5) is 0. The van der Waals surface area contributed by atoms with E-state index in [1.54, 1.807) is 24.3 Å². The Hall–Kier alpha value is -2.70. The van der Waals surface area contributed by atoms with Gasteiger partial charge in [0, 0.05) is 10.4 Å². The Morgan fingerprint density at radius 3 is 2.57 bits per heavy atom. The molecule has 0 fully saturated rings. The predicted molar refractivity (Wildman–Crippen MR) is 84.2 cm³/mol. The Morgan fingerprint density at radius 1 is 1.10 bits per heavy atom. The van der Waals surface area contributed by atoms with Gasteiger partial charge in [-0.1, -0.05) is 48.0 Å². The molecule has 1 heterocycles. The van der Waals surface area contributed by atoms with Crippen molar-refractivity contribution in [2.45, 2.75) is 0 Å². The highest BCUT2D eigenvalue weighted by atomic mass is 35.5. The minimum absolute atomic E-state index is 0.405. The van der Waals surface area contributed by atoms with Gasteiger partial charge in [0.1, 0.15) is 6.07 Å². The summed E-state index contributed by atoms with van der Waals surface area (Å²) < 4.78 is 1.02. The van der Waals surface area contributed by atoms with Crippen LogP contribution in [0.15, 0.2) is 48.5 Å². The second kappa shape index (κ2) is 5.35. The van der Waals surface area contributed by atoms with Crippen LogP contribution in [-0.4, -0.2) is 9.94 Å². The lowest BCUT2D eigenvalue weighted by molar-refractivity contribution is 0.198. The van der Waals surface area contributed by atoms with E-state index < -0.39 is 0 Å². The molecule has 3 nitrogen and oxygen atoms in total. The normalized spacial score (nSPS) is 11.0. The van der Waals surface area contributed by atoms with Crippen LogP contribution in [0.5, 0.6) is 0 Å². The van der Waals surface area contributed by atoms with Crippen LogP contribution in [0.2, 0.25) is 5.02 Å². The van der Waals surface area contributed by atoms with Crippen molar-refractivity contribution in [3.8, 4) is 6.07 Å². The van der Waals surface area contributed by atoms with Crippen molar-refractivity contribution < 1.29 is 5.21 Å². The Morgan fingerprint density at radius 2 is 1.86 bits per heavy atom. The van der Waals surface area contributed by atoms with Crippen LogP contribution in [0.1, 0.15) is 16.8 Å². The molecule has 0 amide bonds. The summed E-state index contributed by atoms with van der Waals surface area (Å²) in [7, 11) is 0. The molecule has 2 aromatic carbocycles. The molecule has 0 saturated heterocycles. The molecule has 1 N–H and O–H groups in total. The van der Waals surface area contributed by atoms with E-state index in [1.807, 2.05) is 36.4 Å². The van der Waals surface area contributed by atoms with Gasteiger partial charge in [-0.15, -0.1) is 0 Å². The molecule has 0 unspecified atom stereocenters. The van der Waals surface area contributed by atoms with Gasteiger partial charge in [-0.3, -0.25) is 0 Å². The number of benzene rings is 2. The van der Waals surface area contributed by atoms with Crippen molar-refractivity contribution in [1.29, 1.82) is 5.26 Å². The highest BCUT2D eigenvalue weighted by molar-refractivity contribution is 6.31. The molecule has 0 spiro atoms. The summed E-state index contributed by atoms with van der Waals surface area (Å²) in [5.41, 5.74) is 2.40. The van der Waals surface area contributed by atoms with E-state index in [0.717, 1.165) is 10.3 Å². The smallest absolute Gasteiger partial charge is 0.102 e. The van der Waals surface area contributed by atoms with Gasteiger partial charge in [-0.2, -0.15) is 9.99 Å². The van der Waals surface area contributed by atoms with E-state index in [-0.39, 0.29) is 0 Å². The highest BCUT2D eigenvalue weighted by Crippen LogP contribution is 2.28. The topological polar surface area (TPSA) is 49.0 Å². The molecule has 1 aromatic heterocycles. The molecular formula is C17H11ClN2O. The molecule has 0 bridgehead atoms. The quantitative estimate of drug-likeness (QED) is 0.704. The van der Waals surface area contributed by atoms with Crippen LogP contribution in [0.3, 0.4) is 0 Å². The summed E-state index contributed by atoms with van der Waals surface area (Å²) in [6.45, 7) is 0. The third kappa shape index (κ3) is 2.37. The molecule has 0 aliphatic carbocycles. The van der Waals surface area contributed by atoms with Gasteiger partial charge in [-0.05, 0) is 29.8 Å². The van der Waals surface area contributed by atoms with Crippen LogP contribution in [0.4, 0.5) is 0 Å². The van der Waals surface area contributed by atoms with Gasteiger partial charge < -0.3 is 5.21 Å². The maximum atomic E-state index is 10.2. The van der Waals surface area contributed by atoms with Gasteiger partial charge in [-0.25, -0.2) is 0 Å². The average molecular weight is 295 g/mol. The van der Waals surface area contributed by atoms with Crippen molar-refractivity contribution in [3.05, 3.63) is 70.4 Å². The first-order valence-electron chi connectivity index (χ1n) is 6.37. The Balaban J connectivity index is 2.17. The molecule has 4 heteroatoms. The molecule has 0 saturated carbocycles.